The SMILES string of the molecule is CC(C(=O)Nc1ccccc1Cl)N(C)CC(=O)Nc1ccc(Br)cn1. The second kappa shape index (κ2) is 8.94. The van der Waals surface area contributed by atoms with Crippen molar-refractivity contribution in [3.63, 3.8) is 0 Å². The maximum Gasteiger partial charge on any atom is 0.241 e. The van der Waals surface area contributed by atoms with Crippen molar-refractivity contribution in [2.24, 2.45) is 0 Å². The Labute approximate surface area is 159 Å². The van der Waals surface area contributed by atoms with E-state index in [2.05, 4.69) is 31.5 Å². The zero-order valence-electron chi connectivity index (χ0n) is 13.8. The van der Waals surface area contributed by atoms with Crippen molar-refractivity contribution in [1.82, 2.24) is 9.88 Å². The normalized spacial score (nSPS) is 11.9. The molecule has 1 aromatic heterocycles. The molecule has 1 heterocycles. The van der Waals surface area contributed by atoms with Crippen LogP contribution in [0.3, 0.4) is 0 Å². The Morgan fingerprint density at radius 3 is 2.60 bits per heavy atom. The predicted molar refractivity (Wildman–Crippen MR) is 103 cm³/mol. The molecule has 2 amide bonds. The molecule has 0 spiro atoms. The Morgan fingerprint density at radius 2 is 1.96 bits per heavy atom. The fraction of sp³-hybridized carbons (Fsp3) is 0.235. The van der Waals surface area contributed by atoms with Gasteiger partial charge in [-0.25, -0.2) is 4.98 Å². The van der Waals surface area contributed by atoms with Crippen molar-refractivity contribution in [2.45, 2.75) is 13.0 Å². The molecule has 0 radical (unpaired) electrons. The number of anilines is 2. The fourth-order valence-corrected chi connectivity index (χ4v) is 2.41. The van der Waals surface area contributed by atoms with E-state index in [0.29, 0.717) is 16.5 Å². The van der Waals surface area contributed by atoms with Gasteiger partial charge < -0.3 is 10.6 Å². The summed E-state index contributed by atoms with van der Waals surface area (Å²) in [6.45, 7) is 1.77. The Morgan fingerprint density at radius 1 is 1.24 bits per heavy atom. The number of aromatic nitrogens is 1. The lowest BCUT2D eigenvalue weighted by molar-refractivity contribution is -0.122. The van der Waals surface area contributed by atoms with E-state index in [1.165, 1.54) is 0 Å². The standard InChI is InChI=1S/C17H18BrClN4O2/c1-11(17(25)21-14-6-4-3-5-13(14)19)23(2)10-16(24)22-15-8-7-12(18)9-20-15/h3-9,11H,10H2,1-2H3,(H,21,25)(H,20,22,24). The van der Waals surface area contributed by atoms with Crippen LogP contribution in [0.2, 0.25) is 5.02 Å². The summed E-state index contributed by atoms with van der Waals surface area (Å²) < 4.78 is 0.826. The van der Waals surface area contributed by atoms with Crippen molar-refractivity contribution in [1.29, 1.82) is 0 Å². The van der Waals surface area contributed by atoms with Gasteiger partial charge in [-0.05, 0) is 54.2 Å². The first-order valence-corrected chi connectivity index (χ1v) is 8.71. The molecule has 0 saturated carbocycles. The number of amides is 2. The molecule has 132 valence electrons. The number of halogens is 2. The third kappa shape index (κ3) is 5.81. The van der Waals surface area contributed by atoms with Crippen molar-refractivity contribution in [2.75, 3.05) is 24.2 Å². The molecule has 0 aliphatic rings. The molecular formula is C17H18BrClN4O2. The molecule has 1 unspecified atom stereocenters. The smallest absolute Gasteiger partial charge is 0.241 e. The third-order valence-corrected chi connectivity index (χ3v) is 4.36. The molecule has 0 saturated heterocycles. The number of para-hydroxylation sites is 1. The predicted octanol–water partition coefficient (Wildman–Crippen LogP) is 3.40. The summed E-state index contributed by atoms with van der Waals surface area (Å²) in [6, 6.07) is 9.95. The van der Waals surface area contributed by atoms with Crippen LogP contribution >= 0.6 is 27.5 Å². The number of carbonyl (C=O) groups excluding carboxylic acids is 2. The molecule has 2 rings (SSSR count). The van der Waals surface area contributed by atoms with Crippen molar-refractivity contribution in [3.05, 3.63) is 52.1 Å². The van der Waals surface area contributed by atoms with Gasteiger partial charge in [0.2, 0.25) is 11.8 Å². The summed E-state index contributed by atoms with van der Waals surface area (Å²) in [7, 11) is 1.70. The van der Waals surface area contributed by atoms with Crippen LogP contribution < -0.4 is 10.6 Å². The minimum atomic E-state index is -0.514. The molecule has 1 aromatic carbocycles. The van der Waals surface area contributed by atoms with Gasteiger partial charge in [0, 0.05) is 10.7 Å². The van der Waals surface area contributed by atoms with Crippen LogP contribution in [0.25, 0.3) is 0 Å². The maximum absolute atomic E-state index is 12.3. The van der Waals surface area contributed by atoms with Gasteiger partial charge in [0.25, 0.3) is 0 Å². The summed E-state index contributed by atoms with van der Waals surface area (Å²) in [5.41, 5.74) is 0.540. The van der Waals surface area contributed by atoms with Crippen LogP contribution in [-0.4, -0.2) is 41.3 Å². The Kier molecular flexibility index (Phi) is 6.92. The molecule has 2 N–H and O–H groups in total. The number of hydrogen-bond acceptors (Lipinski definition) is 4. The lowest BCUT2D eigenvalue weighted by atomic mass is 10.2. The topological polar surface area (TPSA) is 74.3 Å². The number of benzene rings is 1. The zero-order chi connectivity index (χ0) is 18.4. The van der Waals surface area contributed by atoms with Gasteiger partial charge >= 0.3 is 0 Å². The second-order valence-corrected chi connectivity index (χ2v) is 6.79. The molecule has 6 nitrogen and oxygen atoms in total. The summed E-state index contributed by atoms with van der Waals surface area (Å²) in [5.74, 6) is -0.0466. The van der Waals surface area contributed by atoms with E-state index in [-0.39, 0.29) is 18.4 Å². The van der Waals surface area contributed by atoms with E-state index in [9.17, 15) is 9.59 Å². The second-order valence-electron chi connectivity index (χ2n) is 5.47. The van der Waals surface area contributed by atoms with Gasteiger partial charge in [-0.1, -0.05) is 23.7 Å². The molecule has 0 aliphatic heterocycles. The van der Waals surface area contributed by atoms with Gasteiger partial charge in [0.1, 0.15) is 5.82 Å². The molecule has 8 heteroatoms. The highest BCUT2D eigenvalue weighted by Gasteiger charge is 2.21. The number of likely N-dealkylation sites (N-methyl/N-ethyl adjacent to an activating group) is 1. The summed E-state index contributed by atoms with van der Waals surface area (Å²) in [5, 5.41) is 5.91. The first-order valence-electron chi connectivity index (χ1n) is 7.54. The molecule has 2 aromatic rings. The van der Waals surface area contributed by atoms with Gasteiger partial charge in [-0.15, -0.1) is 0 Å². The molecule has 1 atom stereocenters. The number of nitrogens with one attached hydrogen (secondary N) is 2. The molecular weight excluding hydrogens is 408 g/mol. The van der Waals surface area contributed by atoms with E-state index in [0.717, 1.165) is 4.47 Å². The largest absolute Gasteiger partial charge is 0.323 e. The zero-order valence-corrected chi connectivity index (χ0v) is 16.1. The Bertz CT molecular complexity index is 755. The van der Waals surface area contributed by atoms with E-state index in [1.54, 1.807) is 61.5 Å². The molecule has 0 aliphatic carbocycles. The minimum Gasteiger partial charge on any atom is -0.323 e. The van der Waals surface area contributed by atoms with Crippen LogP contribution in [-0.2, 0) is 9.59 Å². The highest BCUT2D eigenvalue weighted by Crippen LogP contribution is 2.20. The van der Waals surface area contributed by atoms with Gasteiger partial charge in [0.15, 0.2) is 0 Å². The van der Waals surface area contributed by atoms with Crippen LogP contribution in [0, 0.1) is 0 Å². The summed E-state index contributed by atoms with van der Waals surface area (Å²) in [4.78, 5) is 30.1. The summed E-state index contributed by atoms with van der Waals surface area (Å²) in [6.07, 6.45) is 1.60. The first kappa shape index (κ1) is 19.4. The van der Waals surface area contributed by atoms with Crippen molar-refractivity contribution in [3.8, 4) is 0 Å². The van der Waals surface area contributed by atoms with Gasteiger partial charge in [-0.2, -0.15) is 0 Å². The Hall–Kier alpha value is -1.96. The quantitative estimate of drug-likeness (QED) is 0.744. The van der Waals surface area contributed by atoms with Crippen LogP contribution in [0.4, 0.5) is 11.5 Å². The van der Waals surface area contributed by atoms with E-state index in [4.69, 9.17) is 11.6 Å². The monoisotopic (exact) mass is 424 g/mol. The first-order chi connectivity index (χ1) is 11.9. The van der Waals surface area contributed by atoms with Gasteiger partial charge in [0.05, 0.1) is 23.3 Å². The number of nitrogens with zero attached hydrogens (tertiary/aromatic N) is 2. The highest BCUT2D eigenvalue weighted by molar-refractivity contribution is 9.10. The van der Waals surface area contributed by atoms with E-state index < -0.39 is 6.04 Å². The van der Waals surface area contributed by atoms with Crippen molar-refractivity contribution >= 4 is 50.9 Å². The number of hydrogen-bond donors (Lipinski definition) is 2. The highest BCUT2D eigenvalue weighted by atomic mass is 79.9. The van der Waals surface area contributed by atoms with Crippen molar-refractivity contribution < 1.29 is 9.59 Å². The fourth-order valence-electron chi connectivity index (χ4n) is 2.00. The molecule has 0 bridgehead atoms. The van der Waals surface area contributed by atoms with Crippen LogP contribution in [0.5, 0.6) is 0 Å². The summed E-state index contributed by atoms with van der Waals surface area (Å²) >= 11 is 9.32. The van der Waals surface area contributed by atoms with E-state index >= 15 is 0 Å². The molecule has 0 fully saturated rings. The van der Waals surface area contributed by atoms with Gasteiger partial charge in [-0.3, -0.25) is 14.5 Å². The number of rotatable bonds is 6. The maximum atomic E-state index is 12.3. The van der Waals surface area contributed by atoms with Crippen LogP contribution in [0.15, 0.2) is 47.1 Å². The number of carbonyl (C=O) groups is 2. The average Bonchev–Trinajstić information content (AvgIpc) is 2.58. The number of pyridine rings is 1. The lowest BCUT2D eigenvalue weighted by Gasteiger charge is -2.23. The molecule has 25 heavy (non-hydrogen) atoms. The average molecular weight is 426 g/mol. The third-order valence-electron chi connectivity index (χ3n) is 3.56. The van der Waals surface area contributed by atoms with Crippen LogP contribution in [0.1, 0.15) is 6.92 Å². The Balaban J connectivity index is 1.89. The lowest BCUT2D eigenvalue weighted by Crippen LogP contribution is -2.43. The van der Waals surface area contributed by atoms with E-state index in [1.807, 2.05) is 0 Å². The minimum absolute atomic E-state index is 0.0504.